The van der Waals surface area contributed by atoms with Gasteiger partial charge in [0.2, 0.25) is 0 Å². The highest BCUT2D eigenvalue weighted by Crippen LogP contribution is 2.28. The molecule has 0 spiro atoms. The Hall–Kier alpha value is -2.02. The summed E-state index contributed by atoms with van der Waals surface area (Å²) in [7, 11) is 0. The summed E-state index contributed by atoms with van der Waals surface area (Å²) >= 11 is 0. The normalized spacial score (nSPS) is 15.5. The molecule has 0 N–H and O–H groups in total. The highest BCUT2D eigenvalue weighted by molar-refractivity contribution is 5.67. The van der Waals surface area contributed by atoms with Gasteiger partial charge >= 0.3 is 6.09 Å². The number of rotatable bonds is 4. The maximum absolute atomic E-state index is 11.9. The summed E-state index contributed by atoms with van der Waals surface area (Å²) in [6.45, 7) is 4.09. The zero-order valence-electron chi connectivity index (χ0n) is 12.5. The lowest BCUT2D eigenvalue weighted by Crippen LogP contribution is -2.38. The van der Waals surface area contributed by atoms with Gasteiger partial charge in [-0.05, 0) is 42.9 Å². The SMILES string of the molecule is CCCCOC(=O)N1CCC(c2ccc(C#N)cc2)CC1. The molecule has 1 aliphatic rings. The summed E-state index contributed by atoms with van der Waals surface area (Å²) in [5.41, 5.74) is 1.95. The Bertz CT molecular complexity index is 497. The fraction of sp³-hybridized carbons (Fsp3) is 0.529. The van der Waals surface area contributed by atoms with E-state index in [9.17, 15) is 4.79 Å². The van der Waals surface area contributed by atoms with Gasteiger partial charge in [0.25, 0.3) is 0 Å². The quantitative estimate of drug-likeness (QED) is 0.793. The number of hydrogen-bond donors (Lipinski definition) is 0. The van der Waals surface area contributed by atoms with Gasteiger partial charge < -0.3 is 9.64 Å². The van der Waals surface area contributed by atoms with Crippen molar-refractivity contribution in [2.75, 3.05) is 19.7 Å². The van der Waals surface area contributed by atoms with Crippen LogP contribution in [-0.4, -0.2) is 30.7 Å². The monoisotopic (exact) mass is 286 g/mol. The smallest absolute Gasteiger partial charge is 0.409 e. The minimum absolute atomic E-state index is 0.179. The molecule has 0 atom stereocenters. The van der Waals surface area contributed by atoms with Gasteiger partial charge in [-0.2, -0.15) is 5.26 Å². The second kappa shape index (κ2) is 7.68. The summed E-state index contributed by atoms with van der Waals surface area (Å²) in [6, 6.07) is 9.91. The van der Waals surface area contributed by atoms with Crippen LogP contribution in [0.3, 0.4) is 0 Å². The van der Waals surface area contributed by atoms with Crippen LogP contribution in [0.15, 0.2) is 24.3 Å². The summed E-state index contributed by atoms with van der Waals surface area (Å²) in [5.74, 6) is 0.470. The molecule has 1 heterocycles. The van der Waals surface area contributed by atoms with E-state index in [4.69, 9.17) is 10.00 Å². The summed E-state index contributed by atoms with van der Waals surface area (Å²) in [6.07, 6.45) is 3.69. The van der Waals surface area contributed by atoms with Crippen LogP contribution in [0.1, 0.15) is 49.7 Å². The number of likely N-dealkylation sites (tertiary alicyclic amines) is 1. The van der Waals surface area contributed by atoms with Crippen molar-refractivity contribution in [2.45, 2.75) is 38.5 Å². The first kappa shape index (κ1) is 15.4. The molecule has 0 radical (unpaired) electrons. The van der Waals surface area contributed by atoms with Gasteiger partial charge in [-0.25, -0.2) is 4.79 Å². The van der Waals surface area contributed by atoms with Gasteiger partial charge in [0.05, 0.1) is 18.2 Å². The lowest BCUT2D eigenvalue weighted by Gasteiger charge is -2.31. The van der Waals surface area contributed by atoms with Gasteiger partial charge in [0.15, 0.2) is 0 Å². The fourth-order valence-electron chi connectivity index (χ4n) is 2.62. The van der Waals surface area contributed by atoms with Crippen molar-refractivity contribution in [3.63, 3.8) is 0 Å². The Labute approximate surface area is 126 Å². The number of carbonyl (C=O) groups excluding carboxylic acids is 1. The molecular formula is C17H22N2O2. The molecule has 1 saturated heterocycles. The number of ether oxygens (including phenoxy) is 1. The Balaban J connectivity index is 1.82. The van der Waals surface area contributed by atoms with E-state index in [1.54, 1.807) is 4.90 Å². The van der Waals surface area contributed by atoms with E-state index >= 15 is 0 Å². The van der Waals surface area contributed by atoms with E-state index in [-0.39, 0.29) is 6.09 Å². The van der Waals surface area contributed by atoms with E-state index in [0.717, 1.165) is 38.8 Å². The van der Waals surface area contributed by atoms with Crippen molar-refractivity contribution < 1.29 is 9.53 Å². The van der Waals surface area contributed by atoms with E-state index in [2.05, 4.69) is 13.0 Å². The molecule has 1 aromatic carbocycles. The standard InChI is InChI=1S/C17H22N2O2/c1-2-3-12-21-17(20)19-10-8-16(9-11-19)15-6-4-14(13-18)5-7-15/h4-7,16H,2-3,8-12H2,1H3. The number of benzene rings is 1. The van der Waals surface area contributed by atoms with E-state index in [1.165, 1.54) is 5.56 Å². The molecule has 1 aliphatic heterocycles. The second-order valence-electron chi connectivity index (χ2n) is 5.46. The Kier molecular flexibility index (Phi) is 5.62. The first-order valence-corrected chi connectivity index (χ1v) is 7.66. The van der Waals surface area contributed by atoms with Crippen molar-refractivity contribution in [3.8, 4) is 6.07 Å². The maximum atomic E-state index is 11.9. The Morgan fingerprint density at radius 3 is 2.57 bits per heavy atom. The minimum atomic E-state index is -0.179. The predicted octanol–water partition coefficient (Wildman–Crippen LogP) is 3.67. The molecule has 4 nitrogen and oxygen atoms in total. The highest BCUT2D eigenvalue weighted by atomic mass is 16.6. The lowest BCUT2D eigenvalue weighted by molar-refractivity contribution is 0.0916. The topological polar surface area (TPSA) is 53.3 Å². The molecule has 1 amide bonds. The largest absolute Gasteiger partial charge is 0.449 e. The van der Waals surface area contributed by atoms with Crippen LogP contribution in [-0.2, 0) is 4.74 Å². The second-order valence-corrected chi connectivity index (χ2v) is 5.46. The fourth-order valence-corrected chi connectivity index (χ4v) is 2.62. The number of unbranched alkanes of at least 4 members (excludes halogenated alkanes) is 1. The maximum Gasteiger partial charge on any atom is 0.409 e. The molecule has 0 aliphatic carbocycles. The zero-order chi connectivity index (χ0) is 15.1. The number of piperidine rings is 1. The molecule has 2 rings (SSSR count). The van der Waals surface area contributed by atoms with Crippen LogP contribution in [0.25, 0.3) is 0 Å². The van der Waals surface area contributed by atoms with Crippen molar-refractivity contribution in [2.24, 2.45) is 0 Å². The summed E-state index contributed by atoms with van der Waals surface area (Å²) < 4.78 is 5.24. The molecule has 0 bridgehead atoms. The molecule has 0 aromatic heterocycles. The van der Waals surface area contributed by atoms with Gasteiger partial charge in [-0.3, -0.25) is 0 Å². The van der Waals surface area contributed by atoms with Crippen LogP contribution < -0.4 is 0 Å². The zero-order valence-corrected chi connectivity index (χ0v) is 12.5. The Morgan fingerprint density at radius 1 is 1.33 bits per heavy atom. The molecule has 0 saturated carbocycles. The third-order valence-corrected chi connectivity index (χ3v) is 3.99. The third kappa shape index (κ3) is 4.22. The third-order valence-electron chi connectivity index (χ3n) is 3.99. The molecular weight excluding hydrogens is 264 g/mol. The van der Waals surface area contributed by atoms with Crippen molar-refractivity contribution in [3.05, 3.63) is 35.4 Å². The van der Waals surface area contributed by atoms with Crippen molar-refractivity contribution in [1.82, 2.24) is 4.90 Å². The van der Waals surface area contributed by atoms with E-state index in [0.29, 0.717) is 18.1 Å². The number of nitriles is 1. The van der Waals surface area contributed by atoms with Crippen LogP contribution in [0.2, 0.25) is 0 Å². The average molecular weight is 286 g/mol. The first-order chi connectivity index (χ1) is 10.2. The lowest BCUT2D eigenvalue weighted by atomic mass is 9.89. The minimum Gasteiger partial charge on any atom is -0.449 e. The van der Waals surface area contributed by atoms with Crippen LogP contribution in [0, 0.1) is 11.3 Å². The molecule has 1 aromatic rings. The van der Waals surface area contributed by atoms with Gasteiger partial charge in [-0.1, -0.05) is 25.5 Å². The van der Waals surface area contributed by atoms with Gasteiger partial charge in [-0.15, -0.1) is 0 Å². The first-order valence-electron chi connectivity index (χ1n) is 7.66. The van der Waals surface area contributed by atoms with E-state index < -0.39 is 0 Å². The number of amides is 1. The number of nitrogens with zero attached hydrogens (tertiary/aromatic N) is 2. The van der Waals surface area contributed by atoms with Crippen LogP contribution >= 0.6 is 0 Å². The number of carbonyl (C=O) groups is 1. The molecule has 4 heteroatoms. The molecule has 112 valence electrons. The Morgan fingerprint density at radius 2 is 2.00 bits per heavy atom. The number of hydrogen-bond acceptors (Lipinski definition) is 3. The van der Waals surface area contributed by atoms with Crippen LogP contribution in [0.5, 0.6) is 0 Å². The van der Waals surface area contributed by atoms with Crippen LogP contribution in [0.4, 0.5) is 4.79 Å². The van der Waals surface area contributed by atoms with Gasteiger partial charge in [0, 0.05) is 13.1 Å². The highest BCUT2D eigenvalue weighted by Gasteiger charge is 2.24. The summed E-state index contributed by atoms with van der Waals surface area (Å²) in [5, 5.41) is 8.82. The van der Waals surface area contributed by atoms with E-state index in [1.807, 2.05) is 24.3 Å². The van der Waals surface area contributed by atoms with Crippen molar-refractivity contribution >= 4 is 6.09 Å². The van der Waals surface area contributed by atoms with Crippen molar-refractivity contribution in [1.29, 1.82) is 5.26 Å². The van der Waals surface area contributed by atoms with Gasteiger partial charge in [0.1, 0.15) is 0 Å². The predicted molar refractivity (Wildman–Crippen MR) is 81.0 cm³/mol. The molecule has 1 fully saturated rings. The molecule has 0 unspecified atom stereocenters. The molecule has 21 heavy (non-hydrogen) atoms. The summed E-state index contributed by atoms with van der Waals surface area (Å²) in [4.78, 5) is 13.7. The average Bonchev–Trinajstić information content (AvgIpc) is 2.55.